The van der Waals surface area contributed by atoms with Crippen LogP contribution in [0.1, 0.15) is 19.4 Å². The second-order valence-corrected chi connectivity index (χ2v) is 4.64. The molecule has 2 rings (SSSR count). The van der Waals surface area contributed by atoms with Crippen LogP contribution in [0.3, 0.4) is 0 Å². The molecule has 1 atom stereocenters. The standard InChI is InChI=1S/C17H21NO/c1-3-15-9-7-8-12-17(15)19-14(2)13-18-16-10-5-4-6-11-16/h4-12,14,18H,3,13H2,1-2H3. The van der Waals surface area contributed by atoms with Crippen LogP contribution < -0.4 is 10.1 Å². The number of para-hydroxylation sites is 2. The highest BCUT2D eigenvalue weighted by Crippen LogP contribution is 2.19. The van der Waals surface area contributed by atoms with Gasteiger partial charge in [0.1, 0.15) is 11.9 Å². The Balaban J connectivity index is 1.89. The summed E-state index contributed by atoms with van der Waals surface area (Å²) < 4.78 is 6.00. The molecular weight excluding hydrogens is 234 g/mol. The molecular formula is C17H21NO. The van der Waals surface area contributed by atoms with Crippen molar-refractivity contribution in [2.24, 2.45) is 0 Å². The maximum Gasteiger partial charge on any atom is 0.122 e. The van der Waals surface area contributed by atoms with Crippen molar-refractivity contribution in [3.8, 4) is 5.75 Å². The van der Waals surface area contributed by atoms with Gasteiger partial charge in [0.15, 0.2) is 0 Å². The number of benzene rings is 2. The molecule has 1 unspecified atom stereocenters. The van der Waals surface area contributed by atoms with Crippen LogP contribution in [0.25, 0.3) is 0 Å². The Kier molecular flexibility index (Phi) is 4.85. The van der Waals surface area contributed by atoms with Gasteiger partial charge in [-0.05, 0) is 37.1 Å². The summed E-state index contributed by atoms with van der Waals surface area (Å²) in [7, 11) is 0. The van der Waals surface area contributed by atoms with Crippen molar-refractivity contribution in [3.63, 3.8) is 0 Å². The number of rotatable bonds is 6. The molecule has 2 aromatic rings. The lowest BCUT2D eigenvalue weighted by Crippen LogP contribution is -2.23. The largest absolute Gasteiger partial charge is 0.489 e. The molecule has 2 nitrogen and oxygen atoms in total. The van der Waals surface area contributed by atoms with E-state index in [1.807, 2.05) is 30.3 Å². The highest BCUT2D eigenvalue weighted by Gasteiger charge is 2.06. The lowest BCUT2D eigenvalue weighted by molar-refractivity contribution is 0.232. The third-order valence-electron chi connectivity index (χ3n) is 3.05. The predicted molar refractivity (Wildman–Crippen MR) is 80.8 cm³/mol. The molecule has 2 aromatic carbocycles. The molecule has 0 heterocycles. The van der Waals surface area contributed by atoms with Crippen LogP contribution in [0, 0.1) is 0 Å². The quantitative estimate of drug-likeness (QED) is 0.838. The van der Waals surface area contributed by atoms with Gasteiger partial charge in [0.25, 0.3) is 0 Å². The van der Waals surface area contributed by atoms with Gasteiger partial charge in [-0.2, -0.15) is 0 Å². The molecule has 100 valence electrons. The van der Waals surface area contributed by atoms with Crippen LogP contribution in [-0.4, -0.2) is 12.6 Å². The fraction of sp³-hybridized carbons (Fsp3) is 0.294. The van der Waals surface area contributed by atoms with Crippen molar-refractivity contribution in [1.29, 1.82) is 0 Å². The molecule has 0 saturated carbocycles. The van der Waals surface area contributed by atoms with E-state index in [2.05, 4.69) is 43.4 Å². The van der Waals surface area contributed by atoms with Crippen molar-refractivity contribution in [3.05, 3.63) is 60.2 Å². The first kappa shape index (κ1) is 13.5. The van der Waals surface area contributed by atoms with E-state index in [1.54, 1.807) is 0 Å². The van der Waals surface area contributed by atoms with Crippen LogP contribution >= 0.6 is 0 Å². The minimum atomic E-state index is 0.132. The molecule has 0 bridgehead atoms. The number of nitrogens with one attached hydrogen (secondary N) is 1. The lowest BCUT2D eigenvalue weighted by atomic mass is 10.1. The molecule has 0 saturated heterocycles. The molecule has 0 aromatic heterocycles. The summed E-state index contributed by atoms with van der Waals surface area (Å²) in [5.74, 6) is 0.993. The van der Waals surface area contributed by atoms with E-state index in [-0.39, 0.29) is 6.10 Å². The molecule has 0 fully saturated rings. The smallest absolute Gasteiger partial charge is 0.122 e. The number of ether oxygens (including phenoxy) is 1. The second kappa shape index (κ2) is 6.83. The zero-order chi connectivity index (χ0) is 13.5. The van der Waals surface area contributed by atoms with Crippen molar-refractivity contribution in [1.82, 2.24) is 0 Å². The molecule has 0 radical (unpaired) electrons. The Morgan fingerprint density at radius 2 is 1.68 bits per heavy atom. The summed E-state index contributed by atoms with van der Waals surface area (Å²) in [6.07, 6.45) is 1.13. The number of hydrogen-bond acceptors (Lipinski definition) is 2. The van der Waals surface area contributed by atoms with Gasteiger partial charge < -0.3 is 10.1 Å². The molecule has 2 heteroatoms. The first-order chi connectivity index (χ1) is 9.29. The maximum atomic E-state index is 6.00. The van der Waals surface area contributed by atoms with E-state index in [9.17, 15) is 0 Å². The third kappa shape index (κ3) is 4.02. The van der Waals surface area contributed by atoms with E-state index >= 15 is 0 Å². The normalized spacial score (nSPS) is 11.9. The average Bonchev–Trinajstić information content (AvgIpc) is 2.47. The number of anilines is 1. The molecule has 19 heavy (non-hydrogen) atoms. The first-order valence-electron chi connectivity index (χ1n) is 6.83. The monoisotopic (exact) mass is 255 g/mol. The van der Waals surface area contributed by atoms with Crippen molar-refractivity contribution >= 4 is 5.69 Å². The Hall–Kier alpha value is -1.96. The van der Waals surface area contributed by atoms with Crippen molar-refractivity contribution in [2.45, 2.75) is 26.4 Å². The maximum absolute atomic E-state index is 6.00. The zero-order valence-corrected chi connectivity index (χ0v) is 11.6. The van der Waals surface area contributed by atoms with E-state index in [0.29, 0.717) is 0 Å². The van der Waals surface area contributed by atoms with Gasteiger partial charge in [-0.3, -0.25) is 0 Å². The summed E-state index contributed by atoms with van der Waals surface area (Å²) in [6, 6.07) is 18.4. The van der Waals surface area contributed by atoms with Gasteiger partial charge in [-0.25, -0.2) is 0 Å². The Morgan fingerprint density at radius 3 is 2.42 bits per heavy atom. The summed E-state index contributed by atoms with van der Waals surface area (Å²) >= 11 is 0. The van der Waals surface area contributed by atoms with Gasteiger partial charge in [0.2, 0.25) is 0 Å². The van der Waals surface area contributed by atoms with Gasteiger partial charge in [0.05, 0.1) is 6.54 Å². The molecule has 0 aliphatic carbocycles. The Morgan fingerprint density at radius 1 is 1.00 bits per heavy atom. The summed E-state index contributed by atoms with van der Waals surface area (Å²) in [5, 5.41) is 3.38. The van der Waals surface area contributed by atoms with Crippen LogP contribution in [0.4, 0.5) is 5.69 Å². The fourth-order valence-corrected chi connectivity index (χ4v) is 1.99. The Labute approximate surface area is 115 Å². The number of aryl methyl sites for hydroxylation is 1. The highest BCUT2D eigenvalue weighted by molar-refractivity contribution is 5.42. The van der Waals surface area contributed by atoms with E-state index < -0.39 is 0 Å². The van der Waals surface area contributed by atoms with E-state index in [4.69, 9.17) is 4.74 Å². The van der Waals surface area contributed by atoms with Crippen molar-refractivity contribution in [2.75, 3.05) is 11.9 Å². The lowest BCUT2D eigenvalue weighted by Gasteiger charge is -2.18. The molecule has 0 aliphatic rings. The Bertz CT molecular complexity index is 496. The SMILES string of the molecule is CCc1ccccc1OC(C)CNc1ccccc1. The topological polar surface area (TPSA) is 21.3 Å². The van der Waals surface area contributed by atoms with Gasteiger partial charge in [0, 0.05) is 5.69 Å². The molecule has 0 spiro atoms. The fourth-order valence-electron chi connectivity index (χ4n) is 1.99. The predicted octanol–water partition coefficient (Wildman–Crippen LogP) is 4.13. The second-order valence-electron chi connectivity index (χ2n) is 4.64. The minimum Gasteiger partial charge on any atom is -0.489 e. The summed E-state index contributed by atoms with van der Waals surface area (Å²) in [4.78, 5) is 0. The van der Waals surface area contributed by atoms with Crippen LogP contribution in [0.2, 0.25) is 0 Å². The van der Waals surface area contributed by atoms with Gasteiger partial charge >= 0.3 is 0 Å². The van der Waals surface area contributed by atoms with Crippen LogP contribution in [0.15, 0.2) is 54.6 Å². The third-order valence-corrected chi connectivity index (χ3v) is 3.05. The zero-order valence-electron chi connectivity index (χ0n) is 11.6. The van der Waals surface area contributed by atoms with E-state index in [1.165, 1.54) is 5.56 Å². The summed E-state index contributed by atoms with van der Waals surface area (Å²) in [5.41, 5.74) is 2.38. The molecule has 0 aliphatic heterocycles. The van der Waals surface area contributed by atoms with Crippen molar-refractivity contribution < 1.29 is 4.74 Å². The average molecular weight is 255 g/mol. The molecule has 1 N–H and O–H groups in total. The highest BCUT2D eigenvalue weighted by atomic mass is 16.5. The van der Waals surface area contributed by atoms with E-state index in [0.717, 1.165) is 24.4 Å². The first-order valence-corrected chi connectivity index (χ1v) is 6.83. The minimum absolute atomic E-state index is 0.132. The number of hydrogen-bond donors (Lipinski definition) is 1. The van der Waals surface area contributed by atoms with Crippen LogP contribution in [-0.2, 0) is 6.42 Å². The summed E-state index contributed by atoms with van der Waals surface area (Å²) in [6.45, 7) is 5.03. The van der Waals surface area contributed by atoms with Gasteiger partial charge in [-0.15, -0.1) is 0 Å². The molecule has 0 amide bonds. The van der Waals surface area contributed by atoms with Gasteiger partial charge in [-0.1, -0.05) is 43.3 Å². The van der Waals surface area contributed by atoms with Crippen LogP contribution in [0.5, 0.6) is 5.75 Å².